The number of hydrogen-bond donors (Lipinski definition) is 3. The molecule has 2 aromatic rings. The number of carbonyl (C=O) groups is 3. The number of benzene rings is 2. The van der Waals surface area contributed by atoms with E-state index in [-0.39, 0.29) is 19.1 Å². The van der Waals surface area contributed by atoms with Crippen LogP contribution in [0.5, 0.6) is 5.75 Å². The molecule has 0 aliphatic heterocycles. The lowest BCUT2D eigenvalue weighted by molar-refractivity contribution is -0.139. The predicted octanol–water partition coefficient (Wildman–Crippen LogP) is 2.38. The minimum Gasteiger partial charge on any atom is -0.483 e. The van der Waals surface area contributed by atoms with Crippen LogP contribution in [-0.2, 0) is 14.4 Å². The van der Waals surface area contributed by atoms with Crippen molar-refractivity contribution >= 4 is 29.6 Å². The molecule has 0 saturated carbocycles. The minimum atomic E-state index is -0.903. The van der Waals surface area contributed by atoms with Crippen LogP contribution in [0.3, 0.4) is 0 Å². The molecule has 2 aromatic carbocycles. The van der Waals surface area contributed by atoms with E-state index in [1.165, 1.54) is 12.3 Å². The van der Waals surface area contributed by atoms with Crippen LogP contribution in [-0.4, -0.2) is 37.1 Å². The van der Waals surface area contributed by atoms with Gasteiger partial charge in [0, 0.05) is 17.8 Å². The highest BCUT2D eigenvalue weighted by molar-refractivity contribution is 6.35. The van der Waals surface area contributed by atoms with Crippen LogP contribution >= 0.6 is 0 Å². The topological polar surface area (TPSA) is 109 Å². The molecule has 0 bridgehead atoms. The van der Waals surface area contributed by atoms with Crippen LogP contribution in [0.25, 0.3) is 0 Å². The number of aryl methyl sites for hydroxylation is 3. The van der Waals surface area contributed by atoms with Gasteiger partial charge in [-0.15, -0.1) is 6.58 Å². The lowest BCUT2D eigenvalue weighted by atomic mass is 10.1. The Balaban J connectivity index is 1.96. The third-order valence-corrected chi connectivity index (χ3v) is 4.20. The summed E-state index contributed by atoms with van der Waals surface area (Å²) in [6.45, 7) is 9.31. The van der Waals surface area contributed by atoms with Crippen molar-refractivity contribution in [1.29, 1.82) is 0 Å². The normalized spacial score (nSPS) is 10.4. The van der Waals surface area contributed by atoms with Crippen LogP contribution in [0, 0.1) is 20.8 Å². The summed E-state index contributed by atoms with van der Waals surface area (Å²) < 4.78 is 5.63. The van der Waals surface area contributed by atoms with Gasteiger partial charge in [-0.05, 0) is 44.0 Å². The van der Waals surface area contributed by atoms with Gasteiger partial charge in [0.1, 0.15) is 5.75 Å². The first-order chi connectivity index (χ1) is 14.8. The summed E-state index contributed by atoms with van der Waals surface area (Å²) in [6.07, 6.45) is 2.79. The number of amides is 3. The Labute approximate surface area is 181 Å². The van der Waals surface area contributed by atoms with E-state index in [0.29, 0.717) is 11.3 Å². The monoisotopic (exact) mass is 422 g/mol. The van der Waals surface area contributed by atoms with E-state index in [9.17, 15) is 14.4 Å². The summed E-state index contributed by atoms with van der Waals surface area (Å²) in [5, 5.41) is 8.99. The zero-order valence-electron chi connectivity index (χ0n) is 17.8. The summed E-state index contributed by atoms with van der Waals surface area (Å²) in [5.41, 5.74) is 6.52. The molecule has 0 aliphatic carbocycles. The second kappa shape index (κ2) is 11.3. The predicted molar refractivity (Wildman–Crippen MR) is 120 cm³/mol. The molecular formula is C23H26N4O4. The number of nitrogens with zero attached hydrogens (tertiary/aromatic N) is 1. The smallest absolute Gasteiger partial charge is 0.329 e. The first kappa shape index (κ1) is 23.3. The fourth-order valence-corrected chi connectivity index (χ4v) is 2.87. The van der Waals surface area contributed by atoms with E-state index in [0.717, 1.165) is 22.4 Å². The van der Waals surface area contributed by atoms with Crippen molar-refractivity contribution in [2.24, 2.45) is 5.10 Å². The van der Waals surface area contributed by atoms with Crippen molar-refractivity contribution in [2.45, 2.75) is 20.8 Å². The maximum Gasteiger partial charge on any atom is 0.329 e. The molecule has 8 heteroatoms. The summed E-state index contributed by atoms with van der Waals surface area (Å²) in [6, 6.07) is 10.9. The molecule has 3 N–H and O–H groups in total. The van der Waals surface area contributed by atoms with E-state index in [1.807, 2.05) is 32.9 Å². The summed E-state index contributed by atoms with van der Waals surface area (Å²) in [7, 11) is 0. The van der Waals surface area contributed by atoms with Crippen molar-refractivity contribution in [2.75, 3.05) is 18.5 Å². The zero-order valence-corrected chi connectivity index (χ0v) is 17.8. The van der Waals surface area contributed by atoms with Gasteiger partial charge < -0.3 is 15.4 Å². The Bertz CT molecular complexity index is 991. The maximum absolute atomic E-state index is 12.4. The van der Waals surface area contributed by atoms with E-state index in [1.54, 1.807) is 24.3 Å². The molecule has 3 amide bonds. The molecule has 0 saturated heterocycles. The molecule has 2 rings (SSSR count). The Morgan fingerprint density at radius 1 is 1.06 bits per heavy atom. The first-order valence-electron chi connectivity index (χ1n) is 9.63. The lowest BCUT2D eigenvalue weighted by Gasteiger charge is -2.14. The van der Waals surface area contributed by atoms with Gasteiger partial charge in [0.05, 0.1) is 6.21 Å². The molecule has 0 fully saturated rings. The largest absolute Gasteiger partial charge is 0.483 e. The molecule has 0 atom stereocenters. The molecule has 31 heavy (non-hydrogen) atoms. The SMILES string of the molecule is C=CCNC(=O)C(=O)N/N=C\c1ccccc1OCC(=O)Nc1c(C)cc(C)cc1C. The van der Waals surface area contributed by atoms with Crippen molar-refractivity contribution in [3.8, 4) is 5.75 Å². The van der Waals surface area contributed by atoms with Crippen LogP contribution in [0.2, 0.25) is 0 Å². The van der Waals surface area contributed by atoms with E-state index in [2.05, 4.69) is 27.7 Å². The number of carbonyl (C=O) groups excluding carboxylic acids is 3. The second-order valence-corrected chi connectivity index (χ2v) is 6.85. The Morgan fingerprint density at radius 3 is 2.42 bits per heavy atom. The number of ether oxygens (including phenoxy) is 1. The standard InChI is InChI=1S/C23H26N4O4/c1-5-10-24-22(29)23(30)27-25-13-18-8-6-7-9-19(18)31-14-20(28)26-21-16(3)11-15(2)12-17(21)4/h5-9,11-13H,1,10,14H2,2-4H3,(H,24,29)(H,26,28)(H,27,30)/b25-13-. The number of hydrazone groups is 1. The number of para-hydroxylation sites is 1. The fourth-order valence-electron chi connectivity index (χ4n) is 2.87. The van der Waals surface area contributed by atoms with E-state index in [4.69, 9.17) is 4.74 Å². The number of rotatable bonds is 8. The number of nitrogens with one attached hydrogen (secondary N) is 3. The molecule has 0 radical (unpaired) electrons. The van der Waals surface area contributed by atoms with Gasteiger partial charge in [-0.2, -0.15) is 5.10 Å². The number of hydrogen-bond acceptors (Lipinski definition) is 5. The molecular weight excluding hydrogens is 396 g/mol. The minimum absolute atomic E-state index is 0.177. The molecule has 0 aliphatic rings. The molecule has 0 aromatic heterocycles. The molecule has 0 heterocycles. The highest BCUT2D eigenvalue weighted by atomic mass is 16.5. The quantitative estimate of drug-likeness (QED) is 0.263. The third-order valence-electron chi connectivity index (χ3n) is 4.20. The van der Waals surface area contributed by atoms with E-state index >= 15 is 0 Å². The van der Waals surface area contributed by atoms with Crippen molar-refractivity contribution in [1.82, 2.24) is 10.7 Å². The Morgan fingerprint density at radius 2 is 1.74 bits per heavy atom. The molecule has 0 spiro atoms. The highest BCUT2D eigenvalue weighted by Crippen LogP contribution is 2.22. The van der Waals surface area contributed by atoms with Gasteiger partial charge in [-0.25, -0.2) is 5.43 Å². The van der Waals surface area contributed by atoms with Gasteiger partial charge in [0.15, 0.2) is 6.61 Å². The number of anilines is 1. The van der Waals surface area contributed by atoms with Crippen LogP contribution in [0.4, 0.5) is 5.69 Å². The van der Waals surface area contributed by atoms with Gasteiger partial charge in [-0.1, -0.05) is 35.9 Å². The fraction of sp³-hybridized carbons (Fsp3) is 0.217. The summed E-state index contributed by atoms with van der Waals surface area (Å²) in [5.74, 6) is -1.61. The Hall–Kier alpha value is -3.94. The lowest BCUT2D eigenvalue weighted by Crippen LogP contribution is -2.37. The second-order valence-electron chi connectivity index (χ2n) is 6.85. The van der Waals surface area contributed by atoms with Gasteiger partial charge in [0.2, 0.25) is 0 Å². The van der Waals surface area contributed by atoms with Gasteiger partial charge >= 0.3 is 11.8 Å². The van der Waals surface area contributed by atoms with Crippen LogP contribution in [0.1, 0.15) is 22.3 Å². The van der Waals surface area contributed by atoms with Crippen molar-refractivity contribution in [3.63, 3.8) is 0 Å². The average Bonchev–Trinajstić information content (AvgIpc) is 2.73. The summed E-state index contributed by atoms with van der Waals surface area (Å²) >= 11 is 0. The zero-order chi connectivity index (χ0) is 22.8. The van der Waals surface area contributed by atoms with Gasteiger partial charge in [0.25, 0.3) is 5.91 Å². The maximum atomic E-state index is 12.4. The summed E-state index contributed by atoms with van der Waals surface area (Å²) in [4.78, 5) is 35.5. The first-order valence-corrected chi connectivity index (χ1v) is 9.63. The molecule has 8 nitrogen and oxygen atoms in total. The average molecular weight is 422 g/mol. The van der Waals surface area contributed by atoms with Crippen molar-refractivity contribution in [3.05, 3.63) is 71.3 Å². The Kier molecular flexibility index (Phi) is 8.51. The van der Waals surface area contributed by atoms with Crippen LogP contribution in [0.15, 0.2) is 54.2 Å². The molecule has 162 valence electrons. The molecule has 0 unspecified atom stereocenters. The van der Waals surface area contributed by atoms with E-state index < -0.39 is 11.8 Å². The van der Waals surface area contributed by atoms with Crippen molar-refractivity contribution < 1.29 is 19.1 Å². The van der Waals surface area contributed by atoms with Crippen LogP contribution < -0.4 is 20.8 Å². The highest BCUT2D eigenvalue weighted by Gasteiger charge is 2.12. The van der Waals surface area contributed by atoms with Gasteiger partial charge in [-0.3, -0.25) is 14.4 Å². The third kappa shape index (κ3) is 7.11.